The normalized spacial score (nSPS) is 10.0. The van der Waals surface area contributed by atoms with Crippen LogP contribution in [0.2, 0.25) is 0 Å². The second-order valence-electron chi connectivity index (χ2n) is 5.47. The fraction of sp³-hybridized carbons (Fsp3) is 0.500. The second-order valence-corrected chi connectivity index (χ2v) is 6.50. The van der Waals surface area contributed by atoms with E-state index in [4.69, 9.17) is 60.1 Å². The van der Waals surface area contributed by atoms with Gasteiger partial charge < -0.3 is 55.5 Å². The molecule has 0 heterocycles. The average Bonchev–Trinajstić information content (AvgIpc) is 2.41. The van der Waals surface area contributed by atoms with Gasteiger partial charge >= 0.3 is 157 Å². The zero-order chi connectivity index (χ0) is 25.8. The summed E-state index contributed by atoms with van der Waals surface area (Å²) in [5.41, 5.74) is -5.48. The fourth-order valence-corrected chi connectivity index (χ4v) is 1.43. The van der Waals surface area contributed by atoms with E-state index in [2.05, 4.69) is 0 Å². The third-order valence-corrected chi connectivity index (χ3v) is 2.57. The van der Waals surface area contributed by atoms with Crippen LogP contribution in [0.5, 0.6) is 0 Å². The van der Waals surface area contributed by atoms with Crippen LogP contribution in [0.3, 0.4) is 0 Å². The van der Waals surface area contributed by atoms with E-state index in [1.165, 1.54) is 0 Å². The van der Waals surface area contributed by atoms with Gasteiger partial charge in [-0.25, -0.2) is 14.2 Å². The fourth-order valence-electron chi connectivity index (χ4n) is 1.43. The van der Waals surface area contributed by atoms with Crippen molar-refractivity contribution in [2.24, 2.45) is 0 Å². The Balaban J connectivity index is -0.0000000897. The molecule has 0 aliphatic carbocycles. The molecule has 192 valence electrons. The van der Waals surface area contributed by atoms with Gasteiger partial charge in [0, 0.05) is 0 Å². The molecule has 0 radical (unpaired) electrons. The van der Waals surface area contributed by atoms with Crippen molar-refractivity contribution in [2.45, 2.75) is 36.9 Å². The Labute approximate surface area is 278 Å². The number of rotatable bonds is 10. The number of hydrogen-bond acceptors (Lipinski definition) is 9. The van der Waals surface area contributed by atoms with E-state index < -0.39 is 80.5 Å². The molecule has 0 bridgehead atoms. The average molecular weight is 609 g/mol. The maximum absolute atomic E-state index is 10.3. The summed E-state index contributed by atoms with van der Waals surface area (Å²) in [5, 5.41) is 67.6. The molecule has 34 heavy (non-hydrogen) atoms. The molecule has 0 amide bonds. The molecule has 0 atom stereocenters. The van der Waals surface area contributed by atoms with Crippen molar-refractivity contribution in [3.05, 3.63) is 0 Å². The molecular weight excluding hydrogens is 583 g/mol. The van der Waals surface area contributed by atoms with Gasteiger partial charge in [0.05, 0.1) is 25.7 Å². The SMILES string of the molecule is O=C(O)CC(O)(CC(=O)O)C(=O)O.O=C(O)CC(O)(CC(=O)O)C(=O)O.O=P(O)(O)O.[CaH2].[CaH2].[CaH2]. The maximum atomic E-state index is 10.3. The van der Waals surface area contributed by atoms with Crippen molar-refractivity contribution in [1.82, 2.24) is 0 Å². The van der Waals surface area contributed by atoms with Crippen molar-refractivity contribution in [2.75, 3.05) is 0 Å². The Hall–Kier alpha value is 0.629. The van der Waals surface area contributed by atoms with Gasteiger partial charge in [-0.05, 0) is 0 Å². The molecule has 0 aromatic carbocycles. The van der Waals surface area contributed by atoms with Crippen molar-refractivity contribution in [1.29, 1.82) is 0 Å². The monoisotopic (exact) mass is 608 g/mol. The van der Waals surface area contributed by atoms with Gasteiger partial charge in [0.1, 0.15) is 0 Å². The van der Waals surface area contributed by atoms with E-state index in [0.29, 0.717) is 0 Å². The second kappa shape index (κ2) is 21.7. The molecule has 0 saturated heterocycles. The van der Waals surface area contributed by atoms with Crippen LogP contribution >= 0.6 is 7.82 Å². The topological polar surface area (TPSA) is 342 Å². The predicted molar refractivity (Wildman–Crippen MR) is 114 cm³/mol. The summed E-state index contributed by atoms with van der Waals surface area (Å²) in [4.78, 5) is 82.5. The Morgan fingerprint density at radius 1 is 0.500 bits per heavy atom. The Bertz CT molecular complexity index is 656. The van der Waals surface area contributed by atoms with Gasteiger partial charge in [0.15, 0.2) is 11.2 Å². The number of hydrogen-bond donors (Lipinski definition) is 11. The summed E-state index contributed by atoms with van der Waals surface area (Å²) >= 11 is 0. The number of carbonyl (C=O) groups is 6. The zero-order valence-electron chi connectivity index (χ0n) is 15.1. The van der Waals surface area contributed by atoms with Crippen molar-refractivity contribution < 1.29 is 88.9 Å². The summed E-state index contributed by atoms with van der Waals surface area (Å²) in [6.45, 7) is 0. The van der Waals surface area contributed by atoms with Crippen LogP contribution in [0.15, 0.2) is 0 Å². The molecule has 11 N–H and O–H groups in total. The molecule has 0 aliphatic heterocycles. The molecule has 0 aromatic rings. The van der Waals surface area contributed by atoms with E-state index in [-0.39, 0.29) is 113 Å². The molecule has 0 fully saturated rings. The third kappa shape index (κ3) is 30.7. The summed E-state index contributed by atoms with van der Waals surface area (Å²) in [7, 11) is -4.64. The van der Waals surface area contributed by atoms with Crippen molar-refractivity contribution in [3.8, 4) is 0 Å². The van der Waals surface area contributed by atoms with Gasteiger partial charge in [-0.2, -0.15) is 0 Å². The molecule has 0 rings (SSSR count). The first-order valence-corrected chi connectivity index (χ1v) is 8.69. The van der Waals surface area contributed by atoms with Gasteiger partial charge in [-0.3, -0.25) is 19.2 Å². The van der Waals surface area contributed by atoms with Crippen LogP contribution in [0.25, 0.3) is 0 Å². The molecule has 0 aromatic heterocycles. The van der Waals surface area contributed by atoms with Crippen LogP contribution in [0.1, 0.15) is 25.7 Å². The van der Waals surface area contributed by atoms with Crippen LogP contribution in [-0.4, -0.2) is 216 Å². The van der Waals surface area contributed by atoms with E-state index in [0.717, 1.165) is 0 Å². The minimum absolute atomic E-state index is 0. The standard InChI is InChI=1S/2C6H8O7.3Ca.H3O4P.6H/c2*7-3(8)1-6(13,5(11)12)2-4(9)10;;;;1-5(2,3)4;;;;;;/h2*13H,1-2H2,(H,7,8)(H,9,10)(H,11,12);;;;(H3,1,2,3,4);;;;;;. The molecule has 0 spiro atoms. The first kappa shape index (κ1) is 47.8. The van der Waals surface area contributed by atoms with Crippen molar-refractivity contribution in [3.63, 3.8) is 0 Å². The van der Waals surface area contributed by atoms with E-state index in [1.54, 1.807) is 0 Å². The van der Waals surface area contributed by atoms with Crippen molar-refractivity contribution >= 4 is 157 Å². The molecule has 22 heteroatoms. The first-order valence-electron chi connectivity index (χ1n) is 7.12. The summed E-state index contributed by atoms with van der Waals surface area (Å²) in [5.74, 6) is -10.0. The Morgan fingerprint density at radius 3 is 0.676 bits per heavy atom. The first-order chi connectivity index (χ1) is 13.6. The van der Waals surface area contributed by atoms with E-state index in [9.17, 15) is 28.8 Å². The molecule has 0 saturated carbocycles. The van der Waals surface area contributed by atoms with Crippen LogP contribution in [0, 0.1) is 0 Å². The Morgan fingerprint density at radius 2 is 0.618 bits per heavy atom. The molecular formula is C12H25Ca3O18P. The number of carboxylic acids is 6. The molecule has 0 aliphatic rings. The van der Waals surface area contributed by atoms with E-state index >= 15 is 0 Å². The Kier molecular flexibility index (Phi) is 30.5. The summed E-state index contributed by atoms with van der Waals surface area (Å²) in [6.07, 6.45) is -4.58. The number of phosphoric acid groups is 1. The van der Waals surface area contributed by atoms with E-state index in [1.807, 2.05) is 0 Å². The minimum atomic E-state index is -4.64. The summed E-state index contributed by atoms with van der Waals surface area (Å²) in [6, 6.07) is 0. The number of aliphatic hydroxyl groups is 2. The molecule has 0 unspecified atom stereocenters. The van der Waals surface area contributed by atoms with Gasteiger partial charge in [0.25, 0.3) is 0 Å². The van der Waals surface area contributed by atoms with Gasteiger partial charge in [-0.1, -0.05) is 0 Å². The van der Waals surface area contributed by atoms with Crippen LogP contribution < -0.4 is 0 Å². The zero-order valence-corrected chi connectivity index (χ0v) is 15.9. The quantitative estimate of drug-likeness (QED) is 0.0811. The predicted octanol–water partition coefficient (Wildman–Crippen LogP) is -6.17. The number of carboxylic acid groups (broad SMARTS) is 6. The van der Waals surface area contributed by atoms with Crippen LogP contribution in [0.4, 0.5) is 0 Å². The van der Waals surface area contributed by atoms with Gasteiger partial charge in [-0.15, -0.1) is 0 Å². The van der Waals surface area contributed by atoms with Crippen LogP contribution in [-0.2, 0) is 33.3 Å². The third-order valence-electron chi connectivity index (χ3n) is 2.57. The van der Waals surface area contributed by atoms with Gasteiger partial charge in [0.2, 0.25) is 0 Å². The number of aliphatic carboxylic acids is 6. The molecule has 18 nitrogen and oxygen atoms in total. The summed E-state index contributed by atoms with van der Waals surface area (Å²) < 4.78 is 8.88.